The van der Waals surface area contributed by atoms with Gasteiger partial charge in [-0.3, -0.25) is 4.68 Å². The number of hydrogen-bond acceptors (Lipinski definition) is 2. The van der Waals surface area contributed by atoms with E-state index in [0.717, 1.165) is 36.4 Å². The van der Waals surface area contributed by atoms with E-state index in [1.165, 1.54) is 36.9 Å². The predicted molar refractivity (Wildman–Crippen MR) is 69.8 cm³/mol. The molecule has 3 heteroatoms. The molecule has 17 heavy (non-hydrogen) atoms. The second-order valence-electron chi connectivity index (χ2n) is 5.76. The SMILES string of the molecule is CCCc1c(C2C3CCCCC32)nn(C)c1N. The van der Waals surface area contributed by atoms with Crippen LogP contribution in [0.4, 0.5) is 5.82 Å². The Morgan fingerprint density at radius 2 is 1.94 bits per heavy atom. The fraction of sp³-hybridized carbons (Fsp3) is 0.786. The topological polar surface area (TPSA) is 43.8 Å². The van der Waals surface area contributed by atoms with Crippen molar-refractivity contribution in [3.8, 4) is 0 Å². The van der Waals surface area contributed by atoms with E-state index >= 15 is 0 Å². The number of aryl methyl sites for hydroxylation is 1. The molecular formula is C14H23N3. The molecule has 0 bridgehead atoms. The van der Waals surface area contributed by atoms with Gasteiger partial charge >= 0.3 is 0 Å². The Bertz CT molecular complexity index is 409. The van der Waals surface area contributed by atoms with Crippen LogP contribution in [0, 0.1) is 11.8 Å². The van der Waals surface area contributed by atoms with Crippen LogP contribution in [0.2, 0.25) is 0 Å². The van der Waals surface area contributed by atoms with Crippen molar-refractivity contribution in [1.82, 2.24) is 9.78 Å². The monoisotopic (exact) mass is 233 g/mol. The van der Waals surface area contributed by atoms with Crippen LogP contribution >= 0.6 is 0 Å². The maximum atomic E-state index is 6.14. The Labute approximate surface area is 103 Å². The van der Waals surface area contributed by atoms with E-state index < -0.39 is 0 Å². The summed E-state index contributed by atoms with van der Waals surface area (Å²) in [6.07, 6.45) is 7.91. The highest BCUT2D eigenvalue weighted by Crippen LogP contribution is 2.61. The molecule has 1 aromatic heterocycles. The molecule has 3 nitrogen and oxygen atoms in total. The predicted octanol–water partition coefficient (Wildman–Crippen LogP) is 2.86. The van der Waals surface area contributed by atoms with Crippen molar-refractivity contribution in [3.63, 3.8) is 0 Å². The molecule has 94 valence electrons. The first-order valence-corrected chi connectivity index (χ1v) is 7.05. The molecule has 0 radical (unpaired) electrons. The number of fused-ring (bicyclic) bond motifs is 1. The molecule has 2 aliphatic rings. The maximum absolute atomic E-state index is 6.14. The van der Waals surface area contributed by atoms with Crippen molar-refractivity contribution in [2.24, 2.45) is 18.9 Å². The van der Waals surface area contributed by atoms with E-state index in [2.05, 4.69) is 6.92 Å². The van der Waals surface area contributed by atoms with Gasteiger partial charge in [-0.05, 0) is 31.1 Å². The number of aromatic nitrogens is 2. The van der Waals surface area contributed by atoms with Crippen LogP contribution in [-0.4, -0.2) is 9.78 Å². The summed E-state index contributed by atoms with van der Waals surface area (Å²) in [6.45, 7) is 2.22. The molecule has 0 aromatic carbocycles. The third kappa shape index (κ3) is 1.67. The van der Waals surface area contributed by atoms with Crippen molar-refractivity contribution in [2.45, 2.75) is 51.4 Å². The van der Waals surface area contributed by atoms with Crippen molar-refractivity contribution >= 4 is 5.82 Å². The molecule has 2 fully saturated rings. The molecule has 0 amide bonds. The fourth-order valence-corrected chi connectivity index (χ4v) is 3.77. The molecule has 2 saturated carbocycles. The average molecular weight is 233 g/mol. The highest BCUT2D eigenvalue weighted by Gasteiger charge is 2.53. The molecule has 0 saturated heterocycles. The minimum atomic E-state index is 0.738. The van der Waals surface area contributed by atoms with Crippen LogP contribution in [0.5, 0.6) is 0 Å². The van der Waals surface area contributed by atoms with Gasteiger partial charge in [-0.2, -0.15) is 5.10 Å². The first kappa shape index (κ1) is 11.1. The Kier molecular flexibility index (Phi) is 2.64. The van der Waals surface area contributed by atoms with Gasteiger partial charge in [0.2, 0.25) is 0 Å². The summed E-state index contributed by atoms with van der Waals surface area (Å²) in [5.74, 6) is 3.48. The highest BCUT2D eigenvalue weighted by atomic mass is 15.3. The highest BCUT2D eigenvalue weighted by molar-refractivity contribution is 5.47. The third-order valence-electron chi connectivity index (χ3n) is 4.70. The molecule has 2 aliphatic carbocycles. The lowest BCUT2D eigenvalue weighted by atomic mass is 10.0. The van der Waals surface area contributed by atoms with E-state index in [1.54, 1.807) is 0 Å². The number of anilines is 1. The summed E-state index contributed by atoms with van der Waals surface area (Å²) in [5.41, 5.74) is 8.82. The van der Waals surface area contributed by atoms with Gasteiger partial charge in [0.15, 0.2) is 0 Å². The smallest absolute Gasteiger partial charge is 0.124 e. The summed E-state index contributed by atoms with van der Waals surface area (Å²) in [4.78, 5) is 0. The Balaban J connectivity index is 1.90. The molecule has 2 unspecified atom stereocenters. The number of nitrogens with two attached hydrogens (primary N) is 1. The maximum Gasteiger partial charge on any atom is 0.124 e. The molecule has 2 atom stereocenters. The van der Waals surface area contributed by atoms with Crippen LogP contribution in [-0.2, 0) is 13.5 Å². The zero-order valence-electron chi connectivity index (χ0n) is 10.9. The standard InChI is InChI=1S/C14H23N3/c1-3-6-11-13(16-17(2)14(11)15)12-9-7-4-5-8-10(9)12/h9-10,12H,3-8,15H2,1-2H3. The van der Waals surface area contributed by atoms with Gasteiger partial charge in [0.1, 0.15) is 5.82 Å². The minimum Gasteiger partial charge on any atom is -0.384 e. The van der Waals surface area contributed by atoms with Gasteiger partial charge in [0, 0.05) is 18.5 Å². The van der Waals surface area contributed by atoms with Crippen LogP contribution in [0.15, 0.2) is 0 Å². The lowest BCUT2D eigenvalue weighted by Crippen LogP contribution is -1.99. The lowest BCUT2D eigenvalue weighted by Gasteiger charge is -2.04. The third-order valence-corrected chi connectivity index (χ3v) is 4.70. The minimum absolute atomic E-state index is 0.738. The summed E-state index contributed by atoms with van der Waals surface area (Å²) >= 11 is 0. The number of nitrogens with zero attached hydrogens (tertiary/aromatic N) is 2. The van der Waals surface area contributed by atoms with E-state index in [4.69, 9.17) is 10.8 Å². The Morgan fingerprint density at radius 1 is 1.29 bits per heavy atom. The Hall–Kier alpha value is -0.990. The van der Waals surface area contributed by atoms with Gasteiger partial charge in [0.05, 0.1) is 5.69 Å². The first-order chi connectivity index (χ1) is 8.24. The van der Waals surface area contributed by atoms with E-state index in [0.29, 0.717) is 0 Å². The summed E-state index contributed by atoms with van der Waals surface area (Å²) < 4.78 is 1.88. The molecule has 2 N–H and O–H groups in total. The Morgan fingerprint density at radius 3 is 2.53 bits per heavy atom. The normalized spacial score (nSPS) is 31.3. The van der Waals surface area contributed by atoms with E-state index in [-0.39, 0.29) is 0 Å². The quantitative estimate of drug-likeness (QED) is 0.872. The molecule has 0 spiro atoms. The van der Waals surface area contributed by atoms with E-state index in [9.17, 15) is 0 Å². The molecule has 1 aromatic rings. The van der Waals surface area contributed by atoms with Gasteiger partial charge in [0.25, 0.3) is 0 Å². The molecular weight excluding hydrogens is 210 g/mol. The van der Waals surface area contributed by atoms with Gasteiger partial charge in [-0.1, -0.05) is 26.2 Å². The van der Waals surface area contributed by atoms with Crippen LogP contribution in [0.3, 0.4) is 0 Å². The van der Waals surface area contributed by atoms with Crippen molar-refractivity contribution in [1.29, 1.82) is 0 Å². The summed E-state index contributed by atoms with van der Waals surface area (Å²) in [7, 11) is 1.98. The van der Waals surface area contributed by atoms with Crippen molar-refractivity contribution in [2.75, 3.05) is 5.73 Å². The van der Waals surface area contributed by atoms with E-state index in [1.807, 2.05) is 11.7 Å². The summed E-state index contributed by atoms with van der Waals surface area (Å²) in [5, 5.41) is 4.71. The average Bonchev–Trinajstić information content (AvgIpc) is 3.00. The lowest BCUT2D eigenvalue weighted by molar-refractivity contribution is 0.480. The van der Waals surface area contributed by atoms with Gasteiger partial charge in [-0.25, -0.2) is 0 Å². The van der Waals surface area contributed by atoms with Crippen LogP contribution < -0.4 is 5.73 Å². The number of nitrogen functional groups attached to an aromatic ring is 1. The zero-order valence-corrected chi connectivity index (χ0v) is 10.9. The first-order valence-electron chi connectivity index (χ1n) is 7.05. The zero-order chi connectivity index (χ0) is 12.0. The van der Waals surface area contributed by atoms with Crippen LogP contribution in [0.1, 0.15) is 56.2 Å². The largest absolute Gasteiger partial charge is 0.384 e. The second-order valence-corrected chi connectivity index (χ2v) is 5.76. The molecule has 0 aliphatic heterocycles. The van der Waals surface area contributed by atoms with Crippen molar-refractivity contribution in [3.05, 3.63) is 11.3 Å². The fourth-order valence-electron chi connectivity index (χ4n) is 3.77. The number of hydrogen-bond donors (Lipinski definition) is 1. The van der Waals surface area contributed by atoms with Crippen molar-refractivity contribution < 1.29 is 0 Å². The molecule has 1 heterocycles. The van der Waals surface area contributed by atoms with Crippen LogP contribution in [0.25, 0.3) is 0 Å². The molecule has 3 rings (SSSR count). The van der Waals surface area contributed by atoms with Gasteiger partial charge < -0.3 is 5.73 Å². The number of rotatable bonds is 3. The summed E-state index contributed by atoms with van der Waals surface area (Å²) in [6, 6.07) is 0. The van der Waals surface area contributed by atoms with Gasteiger partial charge in [-0.15, -0.1) is 0 Å². The second kappa shape index (κ2) is 4.04.